The SMILES string of the molecule is CC/C=C\C/C=C\CCCCCCCC(=O)OC(COC(=O)CCC/C=C\CCCCCC)COC(=O)CCCCCCCCCCCCCCCCCCC. The fraction of sp³-hybridized carbons (Fsp3) is 0.820. The summed E-state index contributed by atoms with van der Waals surface area (Å²) >= 11 is 0. The Morgan fingerprint density at radius 3 is 1.18 bits per heavy atom. The molecule has 0 rings (SSSR count). The zero-order chi connectivity index (χ0) is 40.8. The number of rotatable bonds is 43. The van der Waals surface area contributed by atoms with Crippen LogP contribution in [0.25, 0.3) is 0 Å². The highest BCUT2D eigenvalue weighted by atomic mass is 16.6. The number of esters is 3. The van der Waals surface area contributed by atoms with Crippen LogP contribution >= 0.6 is 0 Å². The average molecular weight is 787 g/mol. The van der Waals surface area contributed by atoms with E-state index in [2.05, 4.69) is 57.2 Å². The van der Waals surface area contributed by atoms with Gasteiger partial charge in [-0.25, -0.2) is 0 Å². The maximum atomic E-state index is 12.7. The van der Waals surface area contributed by atoms with Crippen LogP contribution in [0.1, 0.15) is 245 Å². The second-order valence-electron chi connectivity index (χ2n) is 16.0. The van der Waals surface area contributed by atoms with Crippen LogP contribution in [0.3, 0.4) is 0 Å². The molecule has 0 radical (unpaired) electrons. The monoisotopic (exact) mass is 787 g/mol. The summed E-state index contributed by atoms with van der Waals surface area (Å²) in [5.41, 5.74) is 0. The molecule has 0 saturated heterocycles. The number of hydrogen-bond donors (Lipinski definition) is 0. The van der Waals surface area contributed by atoms with Gasteiger partial charge in [-0.15, -0.1) is 0 Å². The quantitative estimate of drug-likeness (QED) is 0.0265. The van der Waals surface area contributed by atoms with Crippen molar-refractivity contribution >= 4 is 17.9 Å². The van der Waals surface area contributed by atoms with Crippen LogP contribution in [0.2, 0.25) is 0 Å². The molecule has 1 atom stereocenters. The molecule has 0 aliphatic heterocycles. The molecule has 0 N–H and O–H groups in total. The molecule has 0 saturated carbocycles. The van der Waals surface area contributed by atoms with Gasteiger partial charge in [0.25, 0.3) is 0 Å². The lowest BCUT2D eigenvalue weighted by Crippen LogP contribution is -2.30. The van der Waals surface area contributed by atoms with Crippen molar-refractivity contribution in [1.82, 2.24) is 0 Å². The normalized spacial score (nSPS) is 12.3. The molecule has 6 nitrogen and oxygen atoms in total. The Labute approximate surface area is 346 Å². The highest BCUT2D eigenvalue weighted by molar-refractivity contribution is 5.71. The van der Waals surface area contributed by atoms with Gasteiger partial charge < -0.3 is 14.2 Å². The lowest BCUT2D eigenvalue weighted by atomic mass is 10.0. The third-order valence-electron chi connectivity index (χ3n) is 10.4. The zero-order valence-corrected chi connectivity index (χ0v) is 37.2. The summed E-state index contributed by atoms with van der Waals surface area (Å²) in [5.74, 6) is -0.932. The van der Waals surface area contributed by atoms with Crippen LogP contribution in [-0.2, 0) is 28.6 Å². The van der Waals surface area contributed by atoms with Gasteiger partial charge in [0.2, 0.25) is 0 Å². The van der Waals surface area contributed by atoms with E-state index < -0.39 is 6.10 Å². The lowest BCUT2D eigenvalue weighted by Gasteiger charge is -2.18. The predicted molar refractivity (Wildman–Crippen MR) is 238 cm³/mol. The Balaban J connectivity index is 4.31. The molecule has 0 heterocycles. The summed E-state index contributed by atoms with van der Waals surface area (Å²) in [4.78, 5) is 37.7. The summed E-state index contributed by atoms with van der Waals surface area (Å²) in [7, 11) is 0. The first-order chi connectivity index (χ1) is 27.5. The molecule has 0 bridgehead atoms. The minimum Gasteiger partial charge on any atom is -0.462 e. The Morgan fingerprint density at radius 1 is 0.375 bits per heavy atom. The van der Waals surface area contributed by atoms with Gasteiger partial charge >= 0.3 is 17.9 Å². The van der Waals surface area contributed by atoms with E-state index in [0.29, 0.717) is 19.3 Å². The van der Waals surface area contributed by atoms with E-state index in [1.807, 2.05) is 0 Å². The van der Waals surface area contributed by atoms with E-state index in [9.17, 15) is 14.4 Å². The van der Waals surface area contributed by atoms with Gasteiger partial charge in [-0.2, -0.15) is 0 Å². The van der Waals surface area contributed by atoms with E-state index >= 15 is 0 Å². The van der Waals surface area contributed by atoms with Gasteiger partial charge in [0.05, 0.1) is 0 Å². The van der Waals surface area contributed by atoms with Crippen molar-refractivity contribution in [2.75, 3.05) is 13.2 Å². The second kappa shape index (κ2) is 45.3. The highest BCUT2D eigenvalue weighted by Crippen LogP contribution is 2.15. The summed E-state index contributed by atoms with van der Waals surface area (Å²) in [6.07, 6.45) is 51.4. The maximum Gasteiger partial charge on any atom is 0.306 e. The lowest BCUT2D eigenvalue weighted by molar-refractivity contribution is -0.167. The van der Waals surface area contributed by atoms with E-state index in [0.717, 1.165) is 89.9 Å². The fourth-order valence-electron chi connectivity index (χ4n) is 6.78. The summed E-state index contributed by atoms with van der Waals surface area (Å²) in [5, 5.41) is 0. The van der Waals surface area contributed by atoms with Crippen molar-refractivity contribution in [2.24, 2.45) is 0 Å². The van der Waals surface area contributed by atoms with Gasteiger partial charge in [-0.05, 0) is 64.2 Å². The minimum absolute atomic E-state index is 0.0840. The Morgan fingerprint density at radius 2 is 0.714 bits per heavy atom. The molecule has 0 amide bonds. The number of allylic oxidation sites excluding steroid dienone is 6. The van der Waals surface area contributed by atoms with Crippen molar-refractivity contribution in [3.63, 3.8) is 0 Å². The predicted octanol–water partition coefficient (Wildman–Crippen LogP) is 15.4. The number of carbonyl (C=O) groups is 3. The number of unbranched alkanes of at least 4 members (excludes halogenated alkanes) is 26. The van der Waals surface area contributed by atoms with Crippen molar-refractivity contribution < 1.29 is 28.6 Å². The summed E-state index contributed by atoms with van der Waals surface area (Å²) in [6, 6.07) is 0. The van der Waals surface area contributed by atoms with Gasteiger partial charge in [0.15, 0.2) is 6.10 Å². The third kappa shape index (κ3) is 42.8. The molecule has 326 valence electrons. The van der Waals surface area contributed by atoms with Crippen LogP contribution in [-0.4, -0.2) is 37.2 Å². The van der Waals surface area contributed by atoms with Crippen LogP contribution in [0.15, 0.2) is 36.5 Å². The van der Waals surface area contributed by atoms with Crippen LogP contribution in [0.5, 0.6) is 0 Å². The Hall–Kier alpha value is -2.37. The van der Waals surface area contributed by atoms with Crippen molar-refractivity contribution in [2.45, 2.75) is 252 Å². The topological polar surface area (TPSA) is 78.9 Å². The summed E-state index contributed by atoms with van der Waals surface area (Å²) in [6.45, 7) is 6.47. The molecule has 0 aliphatic rings. The van der Waals surface area contributed by atoms with Crippen LogP contribution in [0.4, 0.5) is 0 Å². The molecular weight excluding hydrogens is 697 g/mol. The molecule has 0 spiro atoms. The number of ether oxygens (including phenoxy) is 3. The molecule has 0 aliphatic carbocycles. The number of hydrogen-bond acceptors (Lipinski definition) is 6. The van der Waals surface area contributed by atoms with Gasteiger partial charge in [-0.1, -0.05) is 198 Å². The Bertz CT molecular complexity index is 953. The van der Waals surface area contributed by atoms with Crippen LogP contribution < -0.4 is 0 Å². The third-order valence-corrected chi connectivity index (χ3v) is 10.4. The summed E-state index contributed by atoms with van der Waals surface area (Å²) < 4.78 is 16.7. The molecule has 0 aromatic carbocycles. The van der Waals surface area contributed by atoms with Crippen molar-refractivity contribution in [1.29, 1.82) is 0 Å². The van der Waals surface area contributed by atoms with Crippen molar-refractivity contribution in [3.05, 3.63) is 36.5 Å². The smallest absolute Gasteiger partial charge is 0.306 e. The molecule has 1 unspecified atom stereocenters. The van der Waals surface area contributed by atoms with E-state index in [1.54, 1.807) is 0 Å². The molecule has 56 heavy (non-hydrogen) atoms. The zero-order valence-electron chi connectivity index (χ0n) is 37.2. The molecule has 6 heteroatoms. The van der Waals surface area contributed by atoms with E-state index in [1.165, 1.54) is 116 Å². The van der Waals surface area contributed by atoms with Gasteiger partial charge in [0, 0.05) is 19.3 Å². The number of carbonyl (C=O) groups excluding carboxylic acids is 3. The molecule has 0 aromatic heterocycles. The first-order valence-electron chi connectivity index (χ1n) is 24.0. The van der Waals surface area contributed by atoms with Crippen molar-refractivity contribution in [3.8, 4) is 0 Å². The first-order valence-corrected chi connectivity index (χ1v) is 24.0. The molecular formula is C50H90O6. The first kappa shape index (κ1) is 53.6. The van der Waals surface area contributed by atoms with Gasteiger partial charge in [-0.3, -0.25) is 14.4 Å². The van der Waals surface area contributed by atoms with Gasteiger partial charge in [0.1, 0.15) is 13.2 Å². The minimum atomic E-state index is -0.784. The molecule has 0 fully saturated rings. The Kier molecular flexibility index (Phi) is 43.4. The standard InChI is InChI=1S/C50H90O6/c1-4-7-10-13-16-19-21-23-24-25-26-27-29-31-34-37-40-43-49(52)55-46-47(45-54-48(51)42-39-36-33-30-18-15-12-9-6-3)56-50(53)44-41-38-35-32-28-22-20-17-14-11-8-5-2/h8,11,17,20,30,33,47H,4-7,9-10,12-16,18-19,21-29,31-32,34-46H2,1-3H3/b11-8-,20-17-,33-30-. The maximum absolute atomic E-state index is 12.7. The largest absolute Gasteiger partial charge is 0.462 e. The van der Waals surface area contributed by atoms with Crippen LogP contribution in [0, 0.1) is 0 Å². The average Bonchev–Trinajstić information content (AvgIpc) is 3.19. The van der Waals surface area contributed by atoms with E-state index in [-0.39, 0.29) is 31.1 Å². The van der Waals surface area contributed by atoms with E-state index in [4.69, 9.17) is 14.2 Å². The highest BCUT2D eigenvalue weighted by Gasteiger charge is 2.19. The second-order valence-corrected chi connectivity index (χ2v) is 16.0. The molecule has 0 aromatic rings. The fourth-order valence-corrected chi connectivity index (χ4v) is 6.78.